The summed E-state index contributed by atoms with van der Waals surface area (Å²) in [7, 11) is 1.72. The topological polar surface area (TPSA) is 71.3 Å². The lowest BCUT2D eigenvalue weighted by molar-refractivity contribution is -0.125. The fourth-order valence-electron chi connectivity index (χ4n) is 3.56. The second-order valence-electron chi connectivity index (χ2n) is 6.70. The van der Waals surface area contributed by atoms with Crippen molar-refractivity contribution in [1.82, 2.24) is 19.9 Å². The maximum absolute atomic E-state index is 11.7. The number of carbonyl (C=O) groups is 1. The summed E-state index contributed by atoms with van der Waals surface area (Å²) in [6.45, 7) is 3.09. The molecule has 24 heavy (non-hydrogen) atoms. The molecule has 2 N–H and O–H groups in total. The number of amides is 1. The van der Waals surface area contributed by atoms with Gasteiger partial charge in [-0.2, -0.15) is 9.61 Å². The van der Waals surface area contributed by atoms with Gasteiger partial charge in [-0.15, -0.1) is 0 Å². The number of fused-ring (bicyclic) bond motifs is 1. The van der Waals surface area contributed by atoms with Crippen molar-refractivity contribution in [2.24, 2.45) is 11.8 Å². The van der Waals surface area contributed by atoms with Crippen LogP contribution in [0.25, 0.3) is 5.65 Å². The number of hydrogen-bond donors (Lipinski definition) is 2. The summed E-state index contributed by atoms with van der Waals surface area (Å²) in [6.07, 6.45) is 8.02. The minimum absolute atomic E-state index is 0.193. The molecule has 2 aromatic heterocycles. The molecule has 1 fully saturated rings. The zero-order valence-electron chi connectivity index (χ0n) is 14.6. The van der Waals surface area contributed by atoms with Gasteiger partial charge >= 0.3 is 0 Å². The molecule has 0 atom stereocenters. The van der Waals surface area contributed by atoms with Crippen LogP contribution in [0.1, 0.15) is 44.7 Å². The Labute approximate surface area is 143 Å². The Kier molecular flexibility index (Phi) is 5.33. The van der Waals surface area contributed by atoms with Gasteiger partial charge in [-0.05, 0) is 38.0 Å². The van der Waals surface area contributed by atoms with Crippen LogP contribution >= 0.6 is 0 Å². The number of anilines is 1. The molecule has 0 spiro atoms. The summed E-state index contributed by atoms with van der Waals surface area (Å²) in [5.41, 5.74) is 2.00. The van der Waals surface area contributed by atoms with Gasteiger partial charge in [0.05, 0.1) is 6.20 Å². The maximum Gasteiger partial charge on any atom is 0.222 e. The first kappa shape index (κ1) is 16.7. The van der Waals surface area contributed by atoms with Gasteiger partial charge in [-0.25, -0.2) is 4.98 Å². The van der Waals surface area contributed by atoms with Crippen molar-refractivity contribution < 1.29 is 4.79 Å². The number of carbonyl (C=O) groups excluding carboxylic acids is 1. The second-order valence-corrected chi connectivity index (χ2v) is 6.70. The van der Waals surface area contributed by atoms with Crippen molar-refractivity contribution in [3.63, 3.8) is 0 Å². The van der Waals surface area contributed by atoms with E-state index < -0.39 is 0 Å². The van der Waals surface area contributed by atoms with Crippen molar-refractivity contribution in [1.29, 1.82) is 0 Å². The van der Waals surface area contributed by atoms with Gasteiger partial charge in [0.1, 0.15) is 5.82 Å². The fourth-order valence-corrected chi connectivity index (χ4v) is 3.56. The smallest absolute Gasteiger partial charge is 0.222 e. The third kappa shape index (κ3) is 3.68. The minimum Gasteiger partial charge on any atom is -0.370 e. The highest BCUT2D eigenvalue weighted by molar-refractivity contribution is 5.78. The third-order valence-electron chi connectivity index (χ3n) is 4.95. The van der Waals surface area contributed by atoms with E-state index in [4.69, 9.17) is 0 Å². The Morgan fingerprint density at radius 3 is 2.83 bits per heavy atom. The van der Waals surface area contributed by atoms with Crippen molar-refractivity contribution in [3.05, 3.63) is 24.0 Å². The molecular weight excluding hydrogens is 302 g/mol. The summed E-state index contributed by atoms with van der Waals surface area (Å²) in [4.78, 5) is 16.4. The minimum atomic E-state index is 0.193. The highest BCUT2D eigenvalue weighted by Crippen LogP contribution is 2.29. The Hall–Kier alpha value is -2.11. The van der Waals surface area contributed by atoms with Crippen LogP contribution in [0.5, 0.6) is 0 Å². The van der Waals surface area contributed by atoms with Gasteiger partial charge in [0.15, 0.2) is 5.65 Å². The fraction of sp³-hybridized carbons (Fsp3) is 0.611. The van der Waals surface area contributed by atoms with Crippen LogP contribution in [0.3, 0.4) is 0 Å². The number of aryl methyl sites for hydroxylation is 1. The number of nitrogens with zero attached hydrogens (tertiary/aromatic N) is 3. The van der Waals surface area contributed by atoms with Gasteiger partial charge in [-0.1, -0.05) is 13.3 Å². The molecule has 3 rings (SSSR count). The van der Waals surface area contributed by atoms with E-state index in [0.717, 1.165) is 62.2 Å². The van der Waals surface area contributed by atoms with Crippen LogP contribution in [0.15, 0.2) is 18.3 Å². The normalized spacial score (nSPS) is 20.9. The van der Waals surface area contributed by atoms with E-state index in [0.29, 0.717) is 5.92 Å². The summed E-state index contributed by atoms with van der Waals surface area (Å²) in [5, 5.41) is 10.7. The summed E-state index contributed by atoms with van der Waals surface area (Å²) in [6, 6.07) is 4.05. The SMILES string of the molecule is CCCc1cc(NCC2CCC(C(=O)NC)CC2)n2nccc2n1. The van der Waals surface area contributed by atoms with E-state index in [2.05, 4.69) is 33.7 Å². The molecule has 1 saturated carbocycles. The van der Waals surface area contributed by atoms with Crippen molar-refractivity contribution in [3.8, 4) is 0 Å². The van der Waals surface area contributed by atoms with Crippen LogP contribution in [0.4, 0.5) is 5.82 Å². The first-order valence-corrected chi connectivity index (χ1v) is 9.00. The Morgan fingerprint density at radius 1 is 1.33 bits per heavy atom. The monoisotopic (exact) mass is 329 g/mol. The van der Waals surface area contributed by atoms with Gasteiger partial charge in [0, 0.05) is 37.3 Å². The predicted octanol–water partition coefficient (Wildman–Crippen LogP) is 2.65. The van der Waals surface area contributed by atoms with E-state index in [9.17, 15) is 4.79 Å². The van der Waals surface area contributed by atoms with Gasteiger partial charge in [-0.3, -0.25) is 4.79 Å². The van der Waals surface area contributed by atoms with Crippen LogP contribution in [0, 0.1) is 11.8 Å². The average Bonchev–Trinajstić information content (AvgIpc) is 3.08. The van der Waals surface area contributed by atoms with E-state index in [1.165, 1.54) is 0 Å². The highest BCUT2D eigenvalue weighted by Gasteiger charge is 2.25. The van der Waals surface area contributed by atoms with Crippen LogP contribution in [-0.2, 0) is 11.2 Å². The van der Waals surface area contributed by atoms with Crippen molar-refractivity contribution in [2.75, 3.05) is 18.9 Å². The third-order valence-corrected chi connectivity index (χ3v) is 4.95. The first-order chi connectivity index (χ1) is 11.7. The largest absolute Gasteiger partial charge is 0.370 e. The summed E-state index contributed by atoms with van der Waals surface area (Å²) < 4.78 is 1.87. The van der Waals surface area contributed by atoms with Gasteiger partial charge in [0.25, 0.3) is 0 Å². The Morgan fingerprint density at radius 2 is 2.12 bits per heavy atom. The molecule has 0 unspecified atom stereocenters. The second kappa shape index (κ2) is 7.64. The van der Waals surface area contributed by atoms with E-state index >= 15 is 0 Å². The number of rotatable bonds is 6. The lowest BCUT2D eigenvalue weighted by atomic mass is 9.81. The van der Waals surface area contributed by atoms with E-state index in [1.54, 1.807) is 13.2 Å². The molecule has 6 heteroatoms. The standard InChI is InChI=1S/C18H27N5O/c1-3-4-15-11-17(23-16(22-15)9-10-21-23)20-12-13-5-7-14(8-6-13)18(24)19-2/h9-11,13-14,20H,3-8,12H2,1-2H3,(H,19,24). The molecule has 0 aliphatic heterocycles. The van der Waals surface area contributed by atoms with Crippen LogP contribution in [-0.4, -0.2) is 34.1 Å². The zero-order valence-corrected chi connectivity index (χ0v) is 14.6. The van der Waals surface area contributed by atoms with Crippen LogP contribution in [0.2, 0.25) is 0 Å². The maximum atomic E-state index is 11.7. The number of hydrogen-bond acceptors (Lipinski definition) is 4. The van der Waals surface area contributed by atoms with E-state index in [-0.39, 0.29) is 11.8 Å². The molecule has 6 nitrogen and oxygen atoms in total. The first-order valence-electron chi connectivity index (χ1n) is 9.00. The molecule has 0 bridgehead atoms. The average molecular weight is 329 g/mol. The highest BCUT2D eigenvalue weighted by atomic mass is 16.1. The molecule has 2 heterocycles. The molecule has 0 aromatic carbocycles. The number of nitrogens with one attached hydrogen (secondary N) is 2. The van der Waals surface area contributed by atoms with E-state index in [1.807, 2.05) is 10.6 Å². The molecular formula is C18H27N5O. The molecule has 1 aliphatic rings. The molecule has 0 radical (unpaired) electrons. The van der Waals surface area contributed by atoms with Gasteiger partial charge < -0.3 is 10.6 Å². The lowest BCUT2D eigenvalue weighted by Gasteiger charge is -2.27. The molecule has 1 aliphatic carbocycles. The van der Waals surface area contributed by atoms with Crippen molar-refractivity contribution in [2.45, 2.75) is 45.4 Å². The van der Waals surface area contributed by atoms with Crippen LogP contribution < -0.4 is 10.6 Å². The quantitative estimate of drug-likeness (QED) is 0.855. The molecule has 1 amide bonds. The van der Waals surface area contributed by atoms with Gasteiger partial charge in [0.2, 0.25) is 5.91 Å². The summed E-state index contributed by atoms with van der Waals surface area (Å²) in [5.74, 6) is 2.01. The van der Waals surface area contributed by atoms with Crippen molar-refractivity contribution >= 4 is 17.4 Å². The lowest BCUT2D eigenvalue weighted by Crippen LogP contribution is -2.32. The summed E-state index contributed by atoms with van der Waals surface area (Å²) >= 11 is 0. The molecule has 2 aromatic rings. The Balaban J connectivity index is 1.62. The molecule has 0 saturated heterocycles. The zero-order chi connectivity index (χ0) is 16.9. The predicted molar refractivity (Wildman–Crippen MR) is 95.0 cm³/mol. The Bertz CT molecular complexity index is 688. The number of aromatic nitrogens is 3. The molecule has 130 valence electrons.